The SMILES string of the molecule is CC(C)(C)OC(=O)N1CCC[C@H](C(=O)Cc2cc(-c3cccc(NCc4cccc(F)c4)n3)c(Cl)cn2)C1. The lowest BCUT2D eigenvalue weighted by molar-refractivity contribution is -0.123. The van der Waals surface area contributed by atoms with Crippen LogP contribution in [0.2, 0.25) is 5.02 Å². The third-order valence-corrected chi connectivity index (χ3v) is 6.48. The number of nitrogens with zero attached hydrogens (tertiary/aromatic N) is 3. The molecule has 1 aliphatic heterocycles. The van der Waals surface area contributed by atoms with Crippen LogP contribution in [0, 0.1) is 11.7 Å². The van der Waals surface area contributed by atoms with E-state index in [1.165, 1.54) is 18.3 Å². The molecule has 2 aromatic heterocycles. The maximum absolute atomic E-state index is 13.5. The van der Waals surface area contributed by atoms with Crippen LogP contribution in [-0.4, -0.2) is 45.4 Å². The number of piperidine rings is 1. The van der Waals surface area contributed by atoms with E-state index in [2.05, 4.69) is 15.3 Å². The van der Waals surface area contributed by atoms with E-state index < -0.39 is 5.60 Å². The first-order valence-electron chi connectivity index (χ1n) is 12.7. The minimum atomic E-state index is -0.585. The summed E-state index contributed by atoms with van der Waals surface area (Å²) in [5, 5.41) is 3.62. The topological polar surface area (TPSA) is 84.4 Å². The molecule has 1 fully saturated rings. The number of halogens is 2. The molecule has 0 saturated carbocycles. The van der Waals surface area contributed by atoms with Gasteiger partial charge in [0.05, 0.1) is 10.7 Å². The summed E-state index contributed by atoms with van der Waals surface area (Å²) >= 11 is 6.46. The Balaban J connectivity index is 1.43. The van der Waals surface area contributed by atoms with Crippen LogP contribution in [0.4, 0.5) is 15.0 Å². The van der Waals surface area contributed by atoms with Gasteiger partial charge < -0.3 is 15.0 Å². The Morgan fingerprint density at radius 2 is 1.97 bits per heavy atom. The van der Waals surface area contributed by atoms with Gasteiger partial charge in [-0.1, -0.05) is 29.8 Å². The van der Waals surface area contributed by atoms with Crippen LogP contribution in [0.15, 0.2) is 54.7 Å². The molecule has 200 valence electrons. The smallest absolute Gasteiger partial charge is 0.410 e. The zero-order valence-electron chi connectivity index (χ0n) is 21.8. The average molecular weight is 539 g/mol. The fourth-order valence-electron chi connectivity index (χ4n) is 4.35. The lowest BCUT2D eigenvalue weighted by Gasteiger charge is -2.33. The van der Waals surface area contributed by atoms with Gasteiger partial charge in [0.25, 0.3) is 0 Å². The number of rotatable bonds is 7. The van der Waals surface area contributed by atoms with Crippen molar-refractivity contribution in [2.75, 3.05) is 18.4 Å². The molecule has 4 rings (SSSR count). The first-order valence-corrected chi connectivity index (χ1v) is 13.1. The van der Waals surface area contributed by atoms with Gasteiger partial charge in [0.15, 0.2) is 0 Å². The summed E-state index contributed by atoms with van der Waals surface area (Å²) in [6.45, 7) is 6.82. The van der Waals surface area contributed by atoms with E-state index >= 15 is 0 Å². The summed E-state index contributed by atoms with van der Waals surface area (Å²) in [6, 6.07) is 13.7. The number of hydrogen-bond donors (Lipinski definition) is 1. The molecule has 0 radical (unpaired) electrons. The molecule has 1 saturated heterocycles. The molecule has 0 unspecified atom stereocenters. The second-order valence-electron chi connectivity index (χ2n) is 10.5. The molecule has 1 atom stereocenters. The molecule has 1 N–H and O–H groups in total. The van der Waals surface area contributed by atoms with E-state index in [1.807, 2.05) is 45.0 Å². The molecule has 9 heteroatoms. The van der Waals surface area contributed by atoms with Crippen molar-refractivity contribution in [1.29, 1.82) is 0 Å². The second kappa shape index (κ2) is 11.9. The van der Waals surface area contributed by atoms with Crippen molar-refractivity contribution in [3.63, 3.8) is 0 Å². The highest BCUT2D eigenvalue weighted by atomic mass is 35.5. The Labute approximate surface area is 227 Å². The van der Waals surface area contributed by atoms with Crippen molar-refractivity contribution in [2.24, 2.45) is 5.92 Å². The van der Waals surface area contributed by atoms with E-state index in [0.29, 0.717) is 47.4 Å². The summed E-state index contributed by atoms with van der Waals surface area (Å²) in [7, 11) is 0. The highest BCUT2D eigenvalue weighted by Crippen LogP contribution is 2.28. The standard InChI is InChI=1S/C29H32ClFN4O3/c1-29(2,3)38-28(37)35-12-6-8-20(18-35)26(36)15-22-14-23(24(30)17-32-22)25-10-5-11-27(34-25)33-16-19-7-4-9-21(31)13-19/h4-5,7,9-11,13-14,17,20H,6,8,12,15-16,18H2,1-3H3,(H,33,34)/t20-/m0/s1. The number of hydrogen-bond acceptors (Lipinski definition) is 6. The van der Waals surface area contributed by atoms with Crippen LogP contribution in [0.25, 0.3) is 11.3 Å². The number of likely N-dealkylation sites (tertiary alicyclic amines) is 1. The molecule has 1 aromatic carbocycles. The lowest BCUT2D eigenvalue weighted by atomic mass is 9.91. The molecule has 0 aliphatic carbocycles. The van der Waals surface area contributed by atoms with E-state index in [0.717, 1.165) is 18.4 Å². The number of pyridine rings is 2. The van der Waals surface area contributed by atoms with Crippen LogP contribution in [0.1, 0.15) is 44.9 Å². The summed E-state index contributed by atoms with van der Waals surface area (Å²) in [6.07, 6.45) is 2.74. The van der Waals surface area contributed by atoms with Gasteiger partial charge in [0.1, 0.15) is 23.0 Å². The highest BCUT2D eigenvalue weighted by molar-refractivity contribution is 6.33. The fraction of sp³-hybridized carbons (Fsp3) is 0.379. The van der Waals surface area contributed by atoms with E-state index in [4.69, 9.17) is 16.3 Å². The first kappa shape index (κ1) is 27.5. The summed E-state index contributed by atoms with van der Waals surface area (Å²) in [5.74, 6) is 0.0762. The van der Waals surface area contributed by atoms with Crippen molar-refractivity contribution in [3.8, 4) is 11.3 Å². The molecule has 3 heterocycles. The zero-order chi connectivity index (χ0) is 27.3. The zero-order valence-corrected chi connectivity index (χ0v) is 22.6. The summed E-state index contributed by atoms with van der Waals surface area (Å²) < 4.78 is 19.0. The van der Waals surface area contributed by atoms with Crippen LogP contribution in [0.3, 0.4) is 0 Å². The van der Waals surface area contributed by atoms with Gasteiger partial charge >= 0.3 is 6.09 Å². The van der Waals surface area contributed by atoms with Gasteiger partial charge in [-0.3, -0.25) is 9.78 Å². The maximum atomic E-state index is 13.5. The van der Waals surface area contributed by atoms with Gasteiger partial charge in [-0.2, -0.15) is 0 Å². The number of nitrogens with one attached hydrogen (secondary N) is 1. The molecule has 1 aliphatic rings. The van der Waals surface area contributed by atoms with Crippen LogP contribution < -0.4 is 5.32 Å². The Morgan fingerprint density at radius 1 is 1.18 bits per heavy atom. The van der Waals surface area contributed by atoms with Gasteiger partial charge in [-0.15, -0.1) is 0 Å². The van der Waals surface area contributed by atoms with E-state index in [1.54, 1.807) is 17.0 Å². The second-order valence-corrected chi connectivity index (χ2v) is 10.9. The lowest BCUT2D eigenvalue weighted by Crippen LogP contribution is -2.44. The van der Waals surface area contributed by atoms with Crippen LogP contribution >= 0.6 is 11.6 Å². The predicted octanol–water partition coefficient (Wildman–Crippen LogP) is 6.31. The number of Topliss-reactive ketones (excluding diaryl/α,β-unsaturated/α-hetero) is 1. The third kappa shape index (κ3) is 7.51. The number of ether oxygens (including phenoxy) is 1. The molecule has 1 amide bonds. The molecular weight excluding hydrogens is 507 g/mol. The van der Waals surface area contributed by atoms with E-state index in [-0.39, 0.29) is 30.0 Å². The molecule has 38 heavy (non-hydrogen) atoms. The number of amides is 1. The Kier molecular flexibility index (Phi) is 8.62. The third-order valence-electron chi connectivity index (χ3n) is 6.18. The van der Waals surface area contributed by atoms with Crippen molar-refractivity contribution in [3.05, 3.63) is 76.8 Å². The van der Waals surface area contributed by atoms with Crippen LogP contribution in [-0.2, 0) is 22.5 Å². The molecule has 7 nitrogen and oxygen atoms in total. The minimum absolute atomic E-state index is 0.0255. The Morgan fingerprint density at radius 3 is 2.74 bits per heavy atom. The van der Waals surface area contributed by atoms with Crippen molar-refractivity contribution >= 4 is 29.3 Å². The number of anilines is 1. The van der Waals surface area contributed by atoms with Gasteiger partial charge in [0, 0.05) is 49.4 Å². The van der Waals surface area contributed by atoms with Crippen molar-refractivity contribution in [2.45, 2.75) is 52.2 Å². The number of carbonyl (C=O) groups is 2. The van der Waals surface area contributed by atoms with Gasteiger partial charge in [-0.05, 0) is 69.5 Å². The summed E-state index contributed by atoms with van der Waals surface area (Å²) in [4.78, 5) is 36.3. The summed E-state index contributed by atoms with van der Waals surface area (Å²) in [5.41, 5.74) is 2.09. The number of benzene rings is 1. The average Bonchev–Trinajstić information content (AvgIpc) is 2.88. The normalized spacial score (nSPS) is 15.7. The largest absolute Gasteiger partial charge is 0.444 e. The predicted molar refractivity (Wildman–Crippen MR) is 145 cm³/mol. The highest BCUT2D eigenvalue weighted by Gasteiger charge is 2.31. The van der Waals surface area contributed by atoms with Crippen molar-refractivity contribution in [1.82, 2.24) is 14.9 Å². The number of ketones is 1. The Bertz CT molecular complexity index is 1310. The quantitative estimate of drug-likeness (QED) is 0.379. The number of aromatic nitrogens is 2. The molecule has 0 bridgehead atoms. The fourth-order valence-corrected chi connectivity index (χ4v) is 4.55. The first-order chi connectivity index (χ1) is 18.1. The van der Waals surface area contributed by atoms with Crippen LogP contribution in [0.5, 0.6) is 0 Å². The molecule has 0 spiro atoms. The Hall–Kier alpha value is -3.52. The number of carbonyl (C=O) groups excluding carboxylic acids is 2. The molecular formula is C29H32ClFN4O3. The van der Waals surface area contributed by atoms with Crippen molar-refractivity contribution < 1.29 is 18.7 Å². The molecule has 3 aromatic rings. The monoisotopic (exact) mass is 538 g/mol. The van der Waals surface area contributed by atoms with Gasteiger partial charge in [0.2, 0.25) is 0 Å². The minimum Gasteiger partial charge on any atom is -0.444 e. The van der Waals surface area contributed by atoms with E-state index in [9.17, 15) is 14.0 Å². The van der Waals surface area contributed by atoms with Gasteiger partial charge in [-0.25, -0.2) is 14.2 Å². The maximum Gasteiger partial charge on any atom is 0.410 e.